The fourth-order valence-electron chi connectivity index (χ4n) is 4.28. The molecule has 0 spiro atoms. The topological polar surface area (TPSA) is 83.7 Å². The molecule has 0 aliphatic carbocycles. The van der Waals surface area contributed by atoms with E-state index in [9.17, 15) is 13.2 Å². The fourth-order valence-corrected chi connectivity index (χ4v) is 5.48. The summed E-state index contributed by atoms with van der Waals surface area (Å²) in [6.07, 6.45) is 1.54. The van der Waals surface area contributed by atoms with Gasteiger partial charge in [0.1, 0.15) is 5.52 Å². The number of anilines is 1. The lowest BCUT2D eigenvalue weighted by Crippen LogP contribution is -2.38. The number of likely N-dealkylation sites (tertiary alicyclic amines) is 1. The Balaban J connectivity index is 1.25. The molecule has 1 saturated heterocycles. The first-order valence-electron chi connectivity index (χ1n) is 11.2. The van der Waals surface area contributed by atoms with Crippen LogP contribution < -0.4 is 4.31 Å². The van der Waals surface area contributed by atoms with Crippen molar-refractivity contribution >= 4 is 32.7 Å². The number of benzene rings is 3. The average molecular weight is 476 g/mol. The van der Waals surface area contributed by atoms with Crippen LogP contribution in [0.25, 0.3) is 11.1 Å². The van der Waals surface area contributed by atoms with Crippen molar-refractivity contribution in [3.05, 3.63) is 90.3 Å². The Hall–Kier alpha value is -3.65. The summed E-state index contributed by atoms with van der Waals surface area (Å²) in [5.41, 5.74) is 2.68. The van der Waals surface area contributed by atoms with Crippen LogP contribution in [0.1, 0.15) is 35.0 Å². The van der Waals surface area contributed by atoms with E-state index >= 15 is 0 Å². The molecule has 174 valence electrons. The van der Waals surface area contributed by atoms with Gasteiger partial charge < -0.3 is 9.32 Å². The van der Waals surface area contributed by atoms with E-state index in [4.69, 9.17) is 4.42 Å². The van der Waals surface area contributed by atoms with Gasteiger partial charge in [0.05, 0.1) is 10.6 Å². The summed E-state index contributed by atoms with van der Waals surface area (Å²) in [6.45, 7) is 1.19. The molecule has 5 rings (SSSR count). The van der Waals surface area contributed by atoms with Crippen molar-refractivity contribution in [1.82, 2.24) is 9.88 Å². The number of oxazole rings is 1. The van der Waals surface area contributed by atoms with Crippen LogP contribution in [0, 0.1) is 0 Å². The van der Waals surface area contributed by atoms with E-state index in [-0.39, 0.29) is 16.7 Å². The van der Waals surface area contributed by atoms with Gasteiger partial charge in [-0.2, -0.15) is 0 Å². The van der Waals surface area contributed by atoms with Gasteiger partial charge in [-0.15, -0.1) is 0 Å². The maximum absolute atomic E-state index is 13.0. The van der Waals surface area contributed by atoms with Crippen molar-refractivity contribution in [1.29, 1.82) is 0 Å². The zero-order chi connectivity index (χ0) is 23.7. The molecule has 0 N–H and O–H groups in total. The lowest BCUT2D eigenvalue weighted by Gasteiger charge is -2.30. The number of fused-ring (bicyclic) bond motifs is 1. The van der Waals surface area contributed by atoms with Crippen LogP contribution in [0.4, 0.5) is 5.69 Å². The maximum atomic E-state index is 13.0. The molecular weight excluding hydrogens is 450 g/mol. The Morgan fingerprint density at radius 2 is 1.59 bits per heavy atom. The van der Waals surface area contributed by atoms with Crippen LogP contribution in [-0.2, 0) is 10.0 Å². The summed E-state index contributed by atoms with van der Waals surface area (Å²) in [5, 5.41) is 0. The lowest BCUT2D eigenvalue weighted by molar-refractivity contribution is 0.0706. The molecule has 4 aromatic rings. The number of hydrogen-bond donors (Lipinski definition) is 0. The van der Waals surface area contributed by atoms with E-state index < -0.39 is 10.0 Å². The first kappa shape index (κ1) is 22.2. The molecule has 1 aromatic heterocycles. The summed E-state index contributed by atoms with van der Waals surface area (Å²) in [5.74, 6) is 0.805. The van der Waals surface area contributed by atoms with Gasteiger partial charge >= 0.3 is 0 Å². The minimum Gasteiger partial charge on any atom is -0.440 e. The molecule has 1 amide bonds. The minimum absolute atomic E-state index is 0.101. The largest absolute Gasteiger partial charge is 0.440 e. The summed E-state index contributed by atoms with van der Waals surface area (Å²) < 4.78 is 33.1. The predicted molar refractivity (Wildman–Crippen MR) is 130 cm³/mol. The summed E-state index contributed by atoms with van der Waals surface area (Å²) in [7, 11) is -2.20. The Labute approximate surface area is 198 Å². The second kappa shape index (κ2) is 8.95. The molecule has 2 heterocycles. The van der Waals surface area contributed by atoms with Gasteiger partial charge in [0.25, 0.3) is 15.9 Å². The zero-order valence-electron chi connectivity index (χ0n) is 18.8. The Morgan fingerprint density at radius 3 is 2.26 bits per heavy atom. The van der Waals surface area contributed by atoms with Crippen molar-refractivity contribution in [3.8, 4) is 0 Å². The normalized spacial score (nSPS) is 14.9. The Bertz CT molecular complexity index is 1370. The zero-order valence-corrected chi connectivity index (χ0v) is 19.6. The minimum atomic E-state index is -3.72. The Kier molecular flexibility index (Phi) is 5.83. The third-order valence-corrected chi connectivity index (χ3v) is 8.12. The highest BCUT2D eigenvalue weighted by Crippen LogP contribution is 2.30. The molecule has 8 heteroatoms. The van der Waals surface area contributed by atoms with Gasteiger partial charge in [0, 0.05) is 31.6 Å². The quantitative estimate of drug-likeness (QED) is 0.419. The summed E-state index contributed by atoms with van der Waals surface area (Å²) in [4.78, 5) is 19.6. The van der Waals surface area contributed by atoms with Crippen LogP contribution in [0.3, 0.4) is 0 Å². The highest BCUT2D eigenvalue weighted by Gasteiger charge is 2.28. The Morgan fingerprint density at radius 1 is 0.941 bits per heavy atom. The first-order valence-corrected chi connectivity index (χ1v) is 12.7. The second-order valence-electron chi connectivity index (χ2n) is 8.42. The molecule has 34 heavy (non-hydrogen) atoms. The molecule has 0 radical (unpaired) electrons. The van der Waals surface area contributed by atoms with Crippen LogP contribution >= 0.6 is 0 Å². The highest BCUT2D eigenvalue weighted by molar-refractivity contribution is 7.92. The SMILES string of the molecule is CN(c1ccccc1)S(=O)(=O)c1ccc(C(=O)N2CCC(c3nc4ccccc4o3)CC2)cc1. The van der Waals surface area contributed by atoms with E-state index in [1.54, 1.807) is 41.3 Å². The number of carbonyl (C=O) groups excluding carboxylic acids is 1. The second-order valence-corrected chi connectivity index (χ2v) is 10.4. The summed E-state index contributed by atoms with van der Waals surface area (Å²) in [6, 6.07) is 22.7. The van der Waals surface area contributed by atoms with Gasteiger partial charge in [-0.1, -0.05) is 30.3 Å². The van der Waals surface area contributed by atoms with Crippen LogP contribution in [-0.4, -0.2) is 44.3 Å². The highest BCUT2D eigenvalue weighted by atomic mass is 32.2. The van der Waals surface area contributed by atoms with Crippen molar-refractivity contribution in [3.63, 3.8) is 0 Å². The number of amides is 1. The number of carbonyl (C=O) groups is 1. The standard InChI is InChI=1S/C26H25N3O4S/c1-28(21-7-3-2-4-8-21)34(31,32)22-13-11-20(12-14-22)26(30)29-17-15-19(16-18-29)25-27-23-9-5-6-10-24(23)33-25/h2-14,19H,15-18H2,1H3. The molecule has 0 unspecified atom stereocenters. The molecule has 0 bridgehead atoms. The third-order valence-electron chi connectivity index (χ3n) is 6.32. The van der Waals surface area contributed by atoms with Gasteiger partial charge in [0.2, 0.25) is 0 Å². The number of para-hydroxylation sites is 3. The molecule has 3 aromatic carbocycles. The fraction of sp³-hybridized carbons (Fsp3) is 0.231. The van der Waals surface area contributed by atoms with Crippen LogP contribution in [0.5, 0.6) is 0 Å². The van der Waals surface area contributed by atoms with Gasteiger partial charge in [-0.05, 0) is 61.4 Å². The number of nitrogens with zero attached hydrogens (tertiary/aromatic N) is 3. The van der Waals surface area contributed by atoms with E-state index in [0.29, 0.717) is 24.3 Å². The number of rotatable bonds is 5. The smallest absolute Gasteiger partial charge is 0.264 e. The van der Waals surface area contributed by atoms with E-state index in [1.165, 1.54) is 23.5 Å². The van der Waals surface area contributed by atoms with Gasteiger partial charge in [-0.3, -0.25) is 9.10 Å². The number of piperidine rings is 1. The van der Waals surface area contributed by atoms with Crippen molar-refractivity contribution in [2.45, 2.75) is 23.7 Å². The van der Waals surface area contributed by atoms with Crippen LogP contribution in [0.15, 0.2) is 88.2 Å². The van der Waals surface area contributed by atoms with Crippen LogP contribution in [0.2, 0.25) is 0 Å². The molecular formula is C26H25N3O4S. The predicted octanol–water partition coefficient (Wildman–Crippen LogP) is 4.67. The van der Waals surface area contributed by atoms with E-state index in [0.717, 1.165) is 29.8 Å². The average Bonchev–Trinajstić information content (AvgIpc) is 3.33. The molecule has 0 saturated carbocycles. The molecule has 7 nitrogen and oxygen atoms in total. The number of aromatic nitrogens is 1. The van der Waals surface area contributed by atoms with Crippen molar-refractivity contribution in [2.24, 2.45) is 0 Å². The molecule has 0 atom stereocenters. The van der Waals surface area contributed by atoms with Gasteiger partial charge in [0.15, 0.2) is 11.5 Å². The monoisotopic (exact) mass is 475 g/mol. The maximum Gasteiger partial charge on any atom is 0.264 e. The first-order chi connectivity index (χ1) is 16.4. The molecule has 1 fully saturated rings. The number of sulfonamides is 1. The lowest BCUT2D eigenvalue weighted by atomic mass is 9.96. The van der Waals surface area contributed by atoms with Crippen molar-refractivity contribution in [2.75, 3.05) is 24.4 Å². The molecule has 1 aliphatic heterocycles. The molecule has 1 aliphatic rings. The van der Waals surface area contributed by atoms with E-state index in [2.05, 4.69) is 4.98 Å². The third kappa shape index (κ3) is 4.17. The summed E-state index contributed by atoms with van der Waals surface area (Å²) >= 11 is 0. The number of hydrogen-bond acceptors (Lipinski definition) is 5. The van der Waals surface area contributed by atoms with E-state index in [1.807, 2.05) is 30.3 Å². The van der Waals surface area contributed by atoms with Crippen molar-refractivity contribution < 1.29 is 17.6 Å². The van der Waals surface area contributed by atoms with Gasteiger partial charge in [-0.25, -0.2) is 13.4 Å².